The summed E-state index contributed by atoms with van der Waals surface area (Å²) in [6, 6.07) is 0. The molecule has 2 rings (SSSR count). The number of nitrogens with zero attached hydrogens (tertiary/aromatic N) is 1. The second kappa shape index (κ2) is 5.72. The van der Waals surface area contributed by atoms with Crippen molar-refractivity contribution in [3.63, 3.8) is 0 Å². The summed E-state index contributed by atoms with van der Waals surface area (Å²) in [5.74, 6) is 3.46. The van der Waals surface area contributed by atoms with Gasteiger partial charge >= 0.3 is 0 Å². The fourth-order valence-corrected chi connectivity index (χ4v) is 5.67. The fraction of sp³-hybridized carbons (Fsp3) is 1.00. The number of likely N-dealkylation sites (tertiary alicyclic amines) is 1. The molecular weight excluding hydrogens is 240 g/mol. The molecule has 2 N–H and O–H groups in total. The standard InChI is InChI=1S/C15H30N2S/c1-4-5-13-6-8-17(10-13)15(11-16)12-18-9-7-14(15,2)3/h13H,4-12,16H2,1-3H3. The minimum Gasteiger partial charge on any atom is -0.329 e. The lowest BCUT2D eigenvalue weighted by Gasteiger charge is -2.54. The molecule has 0 radical (unpaired) electrons. The van der Waals surface area contributed by atoms with Crippen molar-refractivity contribution < 1.29 is 0 Å². The highest BCUT2D eigenvalue weighted by atomic mass is 32.2. The van der Waals surface area contributed by atoms with Gasteiger partial charge in [0, 0.05) is 24.4 Å². The van der Waals surface area contributed by atoms with Gasteiger partial charge in [-0.1, -0.05) is 27.2 Å². The van der Waals surface area contributed by atoms with Crippen molar-refractivity contribution in [1.29, 1.82) is 0 Å². The van der Waals surface area contributed by atoms with Crippen LogP contribution in [0.3, 0.4) is 0 Å². The van der Waals surface area contributed by atoms with E-state index in [0.29, 0.717) is 5.41 Å². The largest absolute Gasteiger partial charge is 0.329 e. The maximum absolute atomic E-state index is 6.26. The SMILES string of the molecule is CCCC1CCN(C2(CN)CSCCC2(C)C)C1. The molecular formula is C15H30N2S. The third-order valence-electron chi connectivity index (χ3n) is 5.40. The Labute approximate surface area is 117 Å². The summed E-state index contributed by atoms with van der Waals surface area (Å²) in [6.07, 6.45) is 5.41. The first-order chi connectivity index (χ1) is 8.55. The summed E-state index contributed by atoms with van der Waals surface area (Å²) < 4.78 is 0. The van der Waals surface area contributed by atoms with E-state index >= 15 is 0 Å². The molecule has 106 valence electrons. The monoisotopic (exact) mass is 270 g/mol. The van der Waals surface area contributed by atoms with Crippen molar-refractivity contribution in [3.05, 3.63) is 0 Å². The van der Waals surface area contributed by atoms with Crippen molar-refractivity contribution in [2.24, 2.45) is 17.1 Å². The lowest BCUT2D eigenvalue weighted by atomic mass is 9.69. The predicted molar refractivity (Wildman–Crippen MR) is 82.1 cm³/mol. The van der Waals surface area contributed by atoms with Crippen LogP contribution in [-0.4, -0.2) is 41.6 Å². The molecule has 0 aromatic carbocycles. The Morgan fingerprint density at radius 3 is 2.78 bits per heavy atom. The molecule has 0 amide bonds. The predicted octanol–water partition coefficient (Wildman–Crippen LogP) is 2.97. The van der Waals surface area contributed by atoms with Crippen LogP contribution in [0.4, 0.5) is 0 Å². The van der Waals surface area contributed by atoms with Gasteiger partial charge in [-0.3, -0.25) is 4.90 Å². The van der Waals surface area contributed by atoms with Crippen LogP contribution in [0.15, 0.2) is 0 Å². The van der Waals surface area contributed by atoms with Gasteiger partial charge in [-0.2, -0.15) is 11.8 Å². The molecule has 2 heterocycles. The molecule has 0 aromatic rings. The molecule has 0 saturated carbocycles. The van der Waals surface area contributed by atoms with E-state index in [-0.39, 0.29) is 5.54 Å². The first-order valence-corrected chi connectivity index (χ1v) is 8.74. The average Bonchev–Trinajstić information content (AvgIpc) is 2.78. The number of thioether (sulfide) groups is 1. The Hall–Kier alpha value is 0.270. The van der Waals surface area contributed by atoms with E-state index in [1.54, 1.807) is 0 Å². The summed E-state index contributed by atoms with van der Waals surface area (Å²) in [7, 11) is 0. The van der Waals surface area contributed by atoms with Gasteiger partial charge in [-0.15, -0.1) is 0 Å². The van der Waals surface area contributed by atoms with Gasteiger partial charge in [0.25, 0.3) is 0 Å². The van der Waals surface area contributed by atoms with Crippen LogP contribution in [0.25, 0.3) is 0 Å². The van der Waals surface area contributed by atoms with E-state index in [9.17, 15) is 0 Å². The normalized spacial score (nSPS) is 37.0. The van der Waals surface area contributed by atoms with Crippen molar-refractivity contribution in [3.8, 4) is 0 Å². The van der Waals surface area contributed by atoms with Crippen molar-refractivity contribution >= 4 is 11.8 Å². The van der Waals surface area contributed by atoms with Gasteiger partial charge in [0.05, 0.1) is 0 Å². The smallest absolute Gasteiger partial charge is 0.0473 e. The maximum Gasteiger partial charge on any atom is 0.0473 e. The van der Waals surface area contributed by atoms with Gasteiger partial charge in [0.2, 0.25) is 0 Å². The molecule has 3 heteroatoms. The summed E-state index contributed by atoms with van der Waals surface area (Å²) in [4.78, 5) is 2.75. The van der Waals surface area contributed by atoms with E-state index in [4.69, 9.17) is 5.73 Å². The first kappa shape index (κ1) is 14.7. The highest BCUT2D eigenvalue weighted by molar-refractivity contribution is 7.99. The quantitative estimate of drug-likeness (QED) is 0.851. The van der Waals surface area contributed by atoms with Crippen molar-refractivity contribution in [1.82, 2.24) is 4.90 Å². The Balaban J connectivity index is 2.12. The van der Waals surface area contributed by atoms with E-state index in [2.05, 4.69) is 37.4 Å². The molecule has 2 fully saturated rings. The molecule has 2 aliphatic heterocycles. The highest BCUT2D eigenvalue weighted by Gasteiger charge is 2.51. The van der Waals surface area contributed by atoms with Crippen LogP contribution in [0.5, 0.6) is 0 Å². The average molecular weight is 270 g/mol. The molecule has 0 aliphatic carbocycles. The lowest BCUT2D eigenvalue weighted by Crippen LogP contribution is -2.65. The van der Waals surface area contributed by atoms with Gasteiger partial charge < -0.3 is 5.73 Å². The summed E-state index contributed by atoms with van der Waals surface area (Å²) >= 11 is 2.11. The number of nitrogens with two attached hydrogens (primary N) is 1. The Kier molecular flexibility index (Phi) is 4.66. The fourth-order valence-electron chi connectivity index (χ4n) is 3.85. The van der Waals surface area contributed by atoms with Crippen LogP contribution in [0.2, 0.25) is 0 Å². The van der Waals surface area contributed by atoms with Crippen molar-refractivity contribution in [2.75, 3.05) is 31.1 Å². The van der Waals surface area contributed by atoms with Gasteiger partial charge in [0.1, 0.15) is 0 Å². The maximum atomic E-state index is 6.26. The molecule has 0 spiro atoms. The molecule has 0 aromatic heterocycles. The molecule has 2 atom stereocenters. The van der Waals surface area contributed by atoms with Crippen LogP contribution >= 0.6 is 11.8 Å². The molecule has 18 heavy (non-hydrogen) atoms. The van der Waals surface area contributed by atoms with E-state index in [1.165, 1.54) is 50.3 Å². The third kappa shape index (κ3) is 2.46. The van der Waals surface area contributed by atoms with Crippen LogP contribution in [-0.2, 0) is 0 Å². The van der Waals surface area contributed by atoms with Crippen molar-refractivity contribution in [2.45, 2.75) is 52.0 Å². The number of hydrogen-bond acceptors (Lipinski definition) is 3. The van der Waals surface area contributed by atoms with E-state index in [1.807, 2.05) is 0 Å². The summed E-state index contributed by atoms with van der Waals surface area (Å²) in [5, 5.41) is 0. The summed E-state index contributed by atoms with van der Waals surface area (Å²) in [6.45, 7) is 10.6. The second-order valence-electron chi connectivity index (χ2n) is 6.81. The van der Waals surface area contributed by atoms with Gasteiger partial charge in [-0.25, -0.2) is 0 Å². The Morgan fingerprint density at radius 1 is 1.39 bits per heavy atom. The Morgan fingerprint density at radius 2 is 2.17 bits per heavy atom. The van der Waals surface area contributed by atoms with Gasteiger partial charge in [-0.05, 0) is 42.9 Å². The van der Waals surface area contributed by atoms with E-state index in [0.717, 1.165) is 12.5 Å². The minimum atomic E-state index is 0.248. The molecule has 2 unspecified atom stereocenters. The summed E-state index contributed by atoms with van der Waals surface area (Å²) in [5.41, 5.74) is 6.88. The second-order valence-corrected chi connectivity index (χ2v) is 7.92. The molecule has 0 bridgehead atoms. The molecule has 2 nitrogen and oxygen atoms in total. The molecule has 2 aliphatic rings. The number of rotatable bonds is 4. The zero-order chi connectivity index (χ0) is 13.2. The topological polar surface area (TPSA) is 29.3 Å². The minimum absolute atomic E-state index is 0.248. The zero-order valence-corrected chi connectivity index (χ0v) is 13.2. The molecule has 2 saturated heterocycles. The van der Waals surface area contributed by atoms with Crippen LogP contribution < -0.4 is 5.73 Å². The third-order valence-corrected chi connectivity index (χ3v) is 6.57. The highest BCUT2D eigenvalue weighted by Crippen LogP contribution is 2.47. The Bertz CT molecular complexity index is 280. The van der Waals surface area contributed by atoms with Gasteiger partial charge in [0.15, 0.2) is 0 Å². The first-order valence-electron chi connectivity index (χ1n) is 7.58. The van der Waals surface area contributed by atoms with Crippen LogP contribution in [0, 0.1) is 11.3 Å². The van der Waals surface area contributed by atoms with Crippen LogP contribution in [0.1, 0.15) is 46.5 Å². The number of hydrogen-bond donors (Lipinski definition) is 1. The zero-order valence-electron chi connectivity index (χ0n) is 12.4. The van der Waals surface area contributed by atoms with E-state index < -0.39 is 0 Å². The lowest BCUT2D eigenvalue weighted by molar-refractivity contribution is 0.0156.